The first-order valence-corrected chi connectivity index (χ1v) is 7.48. The quantitative estimate of drug-likeness (QED) is 0.528. The summed E-state index contributed by atoms with van der Waals surface area (Å²) in [6.45, 7) is 7.60. The molecule has 0 aliphatic carbocycles. The molecule has 0 aliphatic heterocycles. The van der Waals surface area contributed by atoms with Gasteiger partial charge in [0.1, 0.15) is 0 Å². The third kappa shape index (κ3) is 5.13. The number of rotatable bonds is 6. The standard InChI is InChI=1S/C6H15O3PSe/c1-4-7-10(11,8-5-2)9-6-3/h4-6H2,1-3H3. The third-order valence-corrected chi connectivity index (χ3v) is 4.58. The third-order valence-electron chi connectivity index (χ3n) is 0.862. The molecule has 0 amide bonds. The molecule has 0 aromatic carbocycles. The summed E-state index contributed by atoms with van der Waals surface area (Å²) in [6, 6.07) is 0. The van der Waals surface area contributed by atoms with E-state index in [2.05, 4.69) is 15.1 Å². The molecular weight excluding hydrogens is 230 g/mol. The summed E-state index contributed by atoms with van der Waals surface area (Å²) in [5.74, 6) is 0. The Hall–Kier alpha value is 0.829. The van der Waals surface area contributed by atoms with Crippen LogP contribution in [0.5, 0.6) is 0 Å². The van der Waals surface area contributed by atoms with Crippen LogP contribution in [0.25, 0.3) is 0 Å². The summed E-state index contributed by atoms with van der Waals surface area (Å²) in [6.07, 6.45) is -2.09. The van der Waals surface area contributed by atoms with Gasteiger partial charge in [-0.05, 0) is 0 Å². The van der Waals surface area contributed by atoms with Crippen LogP contribution in [0.2, 0.25) is 0 Å². The van der Waals surface area contributed by atoms with Gasteiger partial charge in [-0.2, -0.15) is 0 Å². The zero-order valence-corrected chi connectivity index (χ0v) is 9.81. The minimum absolute atomic E-state index is 0.612. The molecule has 0 fully saturated rings. The minimum atomic E-state index is -2.09. The molecule has 0 unspecified atom stereocenters. The van der Waals surface area contributed by atoms with Crippen LogP contribution < -0.4 is 0 Å². The Bertz CT molecular complexity index is 116. The molecule has 0 heterocycles. The fraction of sp³-hybridized carbons (Fsp3) is 1.00. The van der Waals surface area contributed by atoms with Crippen LogP contribution in [0, 0.1) is 0 Å². The Morgan fingerprint density at radius 2 is 1.18 bits per heavy atom. The molecule has 11 heavy (non-hydrogen) atoms. The van der Waals surface area contributed by atoms with Crippen molar-refractivity contribution < 1.29 is 13.6 Å². The molecule has 0 bridgehead atoms. The van der Waals surface area contributed by atoms with Crippen molar-refractivity contribution in [2.24, 2.45) is 0 Å². The SMILES string of the molecule is CCOP(=[Se])(OCC)OCC. The van der Waals surface area contributed by atoms with Crippen LogP contribution in [-0.2, 0) is 13.6 Å². The topological polar surface area (TPSA) is 27.7 Å². The van der Waals surface area contributed by atoms with Crippen molar-refractivity contribution in [2.45, 2.75) is 20.8 Å². The Morgan fingerprint density at radius 1 is 0.909 bits per heavy atom. The van der Waals surface area contributed by atoms with E-state index in [0.29, 0.717) is 19.8 Å². The summed E-state index contributed by atoms with van der Waals surface area (Å²) in [5.41, 5.74) is 0. The zero-order chi connectivity index (χ0) is 8.74. The Labute approximate surface area is 75.9 Å². The van der Waals surface area contributed by atoms with Crippen molar-refractivity contribution in [2.75, 3.05) is 19.8 Å². The Morgan fingerprint density at radius 3 is 1.36 bits per heavy atom. The first-order chi connectivity index (χ1) is 5.18. The van der Waals surface area contributed by atoms with Gasteiger partial charge >= 0.3 is 75.5 Å². The van der Waals surface area contributed by atoms with Gasteiger partial charge in [-0.1, -0.05) is 0 Å². The average molecular weight is 245 g/mol. The molecular formula is C6H15O3PSe. The maximum atomic E-state index is 5.32. The summed E-state index contributed by atoms with van der Waals surface area (Å²) >= 11 is 2.84. The van der Waals surface area contributed by atoms with Gasteiger partial charge in [0, 0.05) is 0 Å². The van der Waals surface area contributed by atoms with E-state index in [4.69, 9.17) is 13.6 Å². The molecule has 0 saturated carbocycles. The van der Waals surface area contributed by atoms with Crippen LogP contribution in [0.4, 0.5) is 0 Å². The normalized spacial score (nSPS) is 11.9. The van der Waals surface area contributed by atoms with Crippen molar-refractivity contribution in [3.63, 3.8) is 0 Å². The van der Waals surface area contributed by atoms with Gasteiger partial charge in [-0.3, -0.25) is 0 Å². The van der Waals surface area contributed by atoms with E-state index < -0.39 is 6.19 Å². The predicted molar refractivity (Wildman–Crippen MR) is 47.6 cm³/mol. The second-order valence-electron chi connectivity index (χ2n) is 1.70. The van der Waals surface area contributed by atoms with Crippen molar-refractivity contribution in [3.8, 4) is 0 Å². The molecule has 0 aliphatic rings. The van der Waals surface area contributed by atoms with Crippen molar-refractivity contribution in [3.05, 3.63) is 0 Å². The fourth-order valence-electron chi connectivity index (χ4n) is 0.586. The van der Waals surface area contributed by atoms with Crippen LogP contribution in [-0.4, -0.2) is 34.9 Å². The van der Waals surface area contributed by atoms with Crippen molar-refractivity contribution in [1.29, 1.82) is 0 Å². The molecule has 0 saturated heterocycles. The maximum absolute atomic E-state index is 5.32. The summed E-state index contributed by atoms with van der Waals surface area (Å²) < 4.78 is 16.0. The molecule has 0 radical (unpaired) electrons. The molecule has 0 aromatic rings. The van der Waals surface area contributed by atoms with Crippen molar-refractivity contribution in [1.82, 2.24) is 0 Å². The monoisotopic (exact) mass is 246 g/mol. The molecule has 0 atom stereocenters. The van der Waals surface area contributed by atoms with Gasteiger partial charge in [-0.25, -0.2) is 0 Å². The second-order valence-corrected chi connectivity index (χ2v) is 6.18. The Balaban J connectivity index is 3.91. The zero-order valence-electron chi connectivity index (χ0n) is 7.20. The number of hydrogen-bond donors (Lipinski definition) is 0. The average Bonchev–Trinajstić information content (AvgIpc) is 1.88. The first-order valence-electron chi connectivity index (χ1n) is 3.72. The van der Waals surface area contributed by atoms with E-state index in [1.807, 2.05) is 20.8 Å². The predicted octanol–water partition coefficient (Wildman–Crippen LogP) is 1.94. The van der Waals surface area contributed by atoms with Crippen molar-refractivity contribution >= 4 is 21.3 Å². The van der Waals surface area contributed by atoms with E-state index in [1.54, 1.807) is 0 Å². The molecule has 0 rings (SSSR count). The van der Waals surface area contributed by atoms with Gasteiger partial charge in [0.15, 0.2) is 0 Å². The molecule has 0 aromatic heterocycles. The molecule has 0 spiro atoms. The van der Waals surface area contributed by atoms with Gasteiger partial charge in [0.25, 0.3) is 0 Å². The van der Waals surface area contributed by atoms with E-state index in [-0.39, 0.29) is 0 Å². The molecule has 0 N–H and O–H groups in total. The van der Waals surface area contributed by atoms with Gasteiger partial charge in [-0.15, -0.1) is 0 Å². The summed E-state index contributed by atoms with van der Waals surface area (Å²) in [4.78, 5) is 0. The molecule has 68 valence electrons. The van der Waals surface area contributed by atoms with Gasteiger partial charge in [0.2, 0.25) is 0 Å². The second kappa shape index (κ2) is 6.36. The van der Waals surface area contributed by atoms with Gasteiger partial charge in [0.05, 0.1) is 0 Å². The van der Waals surface area contributed by atoms with E-state index in [9.17, 15) is 0 Å². The van der Waals surface area contributed by atoms with E-state index >= 15 is 0 Å². The van der Waals surface area contributed by atoms with E-state index in [1.165, 1.54) is 0 Å². The Kier molecular flexibility index (Phi) is 6.84. The first kappa shape index (κ1) is 11.8. The van der Waals surface area contributed by atoms with Crippen LogP contribution in [0.1, 0.15) is 20.8 Å². The number of hydrogen-bond acceptors (Lipinski definition) is 3. The van der Waals surface area contributed by atoms with Gasteiger partial charge < -0.3 is 0 Å². The fourth-order valence-corrected chi connectivity index (χ4v) is 3.75. The molecule has 3 nitrogen and oxygen atoms in total. The van der Waals surface area contributed by atoms with E-state index in [0.717, 1.165) is 0 Å². The van der Waals surface area contributed by atoms with Crippen LogP contribution in [0.15, 0.2) is 0 Å². The van der Waals surface area contributed by atoms with Crippen LogP contribution in [0.3, 0.4) is 0 Å². The summed E-state index contributed by atoms with van der Waals surface area (Å²) in [5, 5.41) is 0. The summed E-state index contributed by atoms with van der Waals surface area (Å²) in [7, 11) is 0. The van der Waals surface area contributed by atoms with Crippen LogP contribution >= 0.6 is 6.19 Å². The molecule has 5 heteroatoms.